The van der Waals surface area contributed by atoms with E-state index in [9.17, 15) is 0 Å². The fraction of sp³-hybridized carbons (Fsp3) is 0.179. The van der Waals surface area contributed by atoms with Crippen molar-refractivity contribution in [2.45, 2.75) is 45.4 Å². The largest absolute Gasteiger partial charge is 0.457 e. The molecule has 0 aliphatic rings. The molecule has 3 heterocycles. The van der Waals surface area contributed by atoms with Crippen LogP contribution in [0.15, 0.2) is 128 Å². The third-order valence-electron chi connectivity index (χ3n) is 8.60. The molecular formula is C39H36N4O. The summed E-state index contributed by atoms with van der Waals surface area (Å²) in [6.07, 6.45) is 5.67. The first-order valence-corrected chi connectivity index (χ1v) is 15.1. The number of ether oxygens (including phenoxy) is 1. The molecule has 0 saturated heterocycles. The number of rotatable bonds is 6. The van der Waals surface area contributed by atoms with Crippen molar-refractivity contribution < 1.29 is 4.74 Å². The van der Waals surface area contributed by atoms with Crippen molar-refractivity contribution in [3.63, 3.8) is 0 Å². The number of nitrogens with zero attached hydrogens (tertiary/aromatic N) is 4. The normalized spacial score (nSPS) is 12.2. The Balaban J connectivity index is 1.37. The SMILES string of the molecule is CC(C)(C)c1ccnc(-n2c3ccccc3c3ccc(Oc4cc(-n5cccn5)cc(C(C)(C)c5ccccc5)c4)cc32)c1. The molecule has 0 aliphatic carbocycles. The molecule has 4 aromatic carbocycles. The van der Waals surface area contributed by atoms with E-state index in [1.54, 1.807) is 6.20 Å². The smallest absolute Gasteiger partial charge is 0.137 e. The number of hydrogen-bond donors (Lipinski definition) is 0. The van der Waals surface area contributed by atoms with Crippen molar-refractivity contribution in [1.29, 1.82) is 0 Å². The molecule has 0 bridgehead atoms. The van der Waals surface area contributed by atoms with Gasteiger partial charge in [0.1, 0.15) is 17.3 Å². The highest BCUT2D eigenvalue weighted by atomic mass is 16.5. The molecule has 0 saturated carbocycles. The molecular weight excluding hydrogens is 540 g/mol. The predicted octanol–water partition coefficient (Wildman–Crippen LogP) is 9.78. The molecule has 44 heavy (non-hydrogen) atoms. The lowest BCUT2D eigenvalue weighted by Gasteiger charge is -2.27. The predicted molar refractivity (Wildman–Crippen MR) is 179 cm³/mol. The van der Waals surface area contributed by atoms with Crippen molar-refractivity contribution in [3.8, 4) is 23.0 Å². The number of para-hydroxylation sites is 1. The van der Waals surface area contributed by atoms with E-state index in [2.05, 4.69) is 141 Å². The van der Waals surface area contributed by atoms with E-state index in [-0.39, 0.29) is 10.8 Å². The van der Waals surface area contributed by atoms with Gasteiger partial charge in [-0.15, -0.1) is 0 Å². The monoisotopic (exact) mass is 576 g/mol. The Morgan fingerprint density at radius 1 is 0.591 bits per heavy atom. The van der Waals surface area contributed by atoms with Crippen LogP contribution in [0.25, 0.3) is 33.3 Å². The fourth-order valence-electron chi connectivity index (χ4n) is 5.98. The molecule has 0 amide bonds. The standard InChI is InChI=1S/C39H36N4O/c1-38(2,3)28-18-20-40-37(24-28)43-35-15-10-9-14-33(35)34-17-16-31(26-36(34)43)44-32-23-29(22-30(25-32)42-21-11-19-41-42)39(4,5)27-12-7-6-8-13-27/h6-26H,1-5H3. The molecule has 0 radical (unpaired) electrons. The van der Waals surface area contributed by atoms with Gasteiger partial charge in [0.2, 0.25) is 0 Å². The van der Waals surface area contributed by atoms with Crippen molar-refractivity contribution in [1.82, 2.24) is 19.3 Å². The molecule has 0 spiro atoms. The molecule has 5 heteroatoms. The summed E-state index contributed by atoms with van der Waals surface area (Å²) in [5, 5.41) is 6.86. The molecule has 0 atom stereocenters. The summed E-state index contributed by atoms with van der Waals surface area (Å²) in [7, 11) is 0. The highest BCUT2D eigenvalue weighted by Crippen LogP contribution is 2.38. The molecule has 5 nitrogen and oxygen atoms in total. The molecule has 3 aromatic heterocycles. The highest BCUT2D eigenvalue weighted by Gasteiger charge is 2.25. The number of fused-ring (bicyclic) bond motifs is 3. The summed E-state index contributed by atoms with van der Waals surface area (Å²) in [4.78, 5) is 4.83. The number of benzene rings is 4. The first-order valence-electron chi connectivity index (χ1n) is 15.1. The second-order valence-electron chi connectivity index (χ2n) is 12.9. The van der Waals surface area contributed by atoms with Crippen LogP contribution in [0, 0.1) is 0 Å². The van der Waals surface area contributed by atoms with Gasteiger partial charge in [-0.25, -0.2) is 9.67 Å². The highest BCUT2D eigenvalue weighted by molar-refractivity contribution is 6.09. The van der Waals surface area contributed by atoms with E-state index >= 15 is 0 Å². The van der Waals surface area contributed by atoms with Gasteiger partial charge in [-0.05, 0) is 70.6 Å². The van der Waals surface area contributed by atoms with Crippen LogP contribution in [0.5, 0.6) is 11.5 Å². The van der Waals surface area contributed by atoms with Gasteiger partial charge < -0.3 is 4.74 Å². The average molecular weight is 577 g/mol. The van der Waals surface area contributed by atoms with E-state index < -0.39 is 0 Å². The van der Waals surface area contributed by atoms with Crippen LogP contribution < -0.4 is 4.74 Å². The lowest BCUT2D eigenvalue weighted by atomic mass is 9.78. The zero-order valence-corrected chi connectivity index (χ0v) is 25.8. The van der Waals surface area contributed by atoms with E-state index in [4.69, 9.17) is 9.72 Å². The molecule has 7 rings (SSSR count). The Bertz CT molecular complexity index is 2100. The van der Waals surface area contributed by atoms with E-state index in [1.165, 1.54) is 16.5 Å². The Morgan fingerprint density at radius 3 is 2.14 bits per heavy atom. The van der Waals surface area contributed by atoms with Crippen LogP contribution in [0.4, 0.5) is 0 Å². The third kappa shape index (κ3) is 4.94. The maximum absolute atomic E-state index is 6.69. The topological polar surface area (TPSA) is 44.9 Å². The van der Waals surface area contributed by atoms with Crippen molar-refractivity contribution in [2.24, 2.45) is 0 Å². The summed E-state index contributed by atoms with van der Waals surface area (Å²) >= 11 is 0. The lowest BCUT2D eigenvalue weighted by molar-refractivity contribution is 0.480. The summed E-state index contributed by atoms with van der Waals surface area (Å²) in [5.74, 6) is 2.41. The lowest BCUT2D eigenvalue weighted by Crippen LogP contribution is -2.19. The number of hydrogen-bond acceptors (Lipinski definition) is 3. The van der Waals surface area contributed by atoms with Gasteiger partial charge in [-0.1, -0.05) is 83.1 Å². The van der Waals surface area contributed by atoms with Crippen LogP contribution in [0.3, 0.4) is 0 Å². The van der Waals surface area contributed by atoms with Crippen LogP contribution >= 0.6 is 0 Å². The molecule has 218 valence electrons. The fourth-order valence-corrected chi connectivity index (χ4v) is 5.98. The van der Waals surface area contributed by atoms with Gasteiger partial charge in [-0.2, -0.15) is 5.10 Å². The van der Waals surface area contributed by atoms with Gasteiger partial charge in [0, 0.05) is 46.9 Å². The van der Waals surface area contributed by atoms with Crippen LogP contribution in [0.1, 0.15) is 51.3 Å². The first kappa shape index (κ1) is 27.7. The molecule has 7 aromatic rings. The van der Waals surface area contributed by atoms with Crippen LogP contribution in [-0.2, 0) is 10.8 Å². The Kier molecular flexibility index (Phi) is 6.62. The average Bonchev–Trinajstić information content (AvgIpc) is 3.68. The molecule has 0 unspecified atom stereocenters. The van der Waals surface area contributed by atoms with Crippen LogP contribution in [-0.4, -0.2) is 19.3 Å². The first-order chi connectivity index (χ1) is 21.2. The zero-order chi connectivity index (χ0) is 30.5. The van der Waals surface area contributed by atoms with Gasteiger partial charge in [-0.3, -0.25) is 4.57 Å². The molecule has 0 fully saturated rings. The molecule has 0 N–H and O–H groups in total. The minimum absolute atomic E-state index is 0.00947. The Hall–Kier alpha value is -5.16. The second-order valence-corrected chi connectivity index (χ2v) is 12.9. The van der Waals surface area contributed by atoms with Gasteiger partial charge in [0.15, 0.2) is 0 Å². The Labute approximate surface area is 258 Å². The van der Waals surface area contributed by atoms with Crippen LogP contribution in [0.2, 0.25) is 0 Å². The Morgan fingerprint density at radius 2 is 1.36 bits per heavy atom. The summed E-state index contributed by atoms with van der Waals surface area (Å²) in [6.45, 7) is 11.2. The summed E-state index contributed by atoms with van der Waals surface area (Å²) in [5.41, 5.74) is 6.50. The molecule has 0 aliphatic heterocycles. The maximum atomic E-state index is 6.69. The number of pyridine rings is 1. The van der Waals surface area contributed by atoms with Gasteiger partial charge >= 0.3 is 0 Å². The van der Waals surface area contributed by atoms with Crippen molar-refractivity contribution >= 4 is 21.8 Å². The minimum Gasteiger partial charge on any atom is -0.457 e. The number of aromatic nitrogens is 4. The second kappa shape index (κ2) is 10.5. The quantitative estimate of drug-likeness (QED) is 0.198. The van der Waals surface area contributed by atoms with Crippen molar-refractivity contribution in [3.05, 3.63) is 144 Å². The van der Waals surface area contributed by atoms with Crippen molar-refractivity contribution in [2.75, 3.05) is 0 Å². The summed E-state index contributed by atoms with van der Waals surface area (Å²) < 4.78 is 10.8. The summed E-state index contributed by atoms with van der Waals surface area (Å²) in [6, 6.07) is 38.1. The van der Waals surface area contributed by atoms with Gasteiger partial charge in [0.05, 0.1) is 16.7 Å². The maximum Gasteiger partial charge on any atom is 0.137 e. The van der Waals surface area contributed by atoms with E-state index in [0.717, 1.165) is 45.0 Å². The minimum atomic E-state index is -0.247. The third-order valence-corrected chi connectivity index (χ3v) is 8.60. The van der Waals surface area contributed by atoms with E-state index in [0.29, 0.717) is 0 Å². The van der Waals surface area contributed by atoms with Gasteiger partial charge in [0.25, 0.3) is 0 Å². The zero-order valence-electron chi connectivity index (χ0n) is 25.8. The van der Waals surface area contributed by atoms with E-state index in [1.807, 2.05) is 29.2 Å².